The molecule has 0 fully saturated rings. The van der Waals surface area contributed by atoms with Gasteiger partial charge in [0.2, 0.25) is 10.0 Å². The minimum absolute atomic E-state index is 0.0585. The fourth-order valence-electron chi connectivity index (χ4n) is 2.21. The predicted octanol–water partition coefficient (Wildman–Crippen LogP) is 2.21. The third-order valence-electron chi connectivity index (χ3n) is 3.66. The molecule has 0 aliphatic carbocycles. The van der Waals surface area contributed by atoms with Crippen molar-refractivity contribution in [1.82, 2.24) is 4.31 Å². The number of carbonyl (C=O) groups is 2. The molecular formula is C17H19NO6S2. The van der Waals surface area contributed by atoms with Gasteiger partial charge in [-0.15, -0.1) is 11.3 Å². The Hall–Kier alpha value is -2.23. The number of nitrogens with zero attached hydrogens (tertiary/aromatic N) is 1. The molecule has 0 aliphatic heterocycles. The maximum absolute atomic E-state index is 13.0. The Bertz CT molecular complexity index is 886. The highest BCUT2D eigenvalue weighted by Crippen LogP contribution is 2.24. The maximum atomic E-state index is 13.0. The van der Waals surface area contributed by atoms with Gasteiger partial charge in [-0.2, -0.15) is 4.31 Å². The monoisotopic (exact) mass is 397 g/mol. The van der Waals surface area contributed by atoms with E-state index in [1.165, 1.54) is 37.7 Å². The smallest absolute Gasteiger partial charge is 0.339 e. The second-order valence-electron chi connectivity index (χ2n) is 5.41. The number of ether oxygens (including phenoxy) is 2. The van der Waals surface area contributed by atoms with Crippen LogP contribution in [0, 0.1) is 6.92 Å². The Morgan fingerprint density at radius 1 is 1.08 bits per heavy atom. The third-order valence-corrected chi connectivity index (χ3v) is 6.37. The molecule has 1 aromatic heterocycles. The van der Waals surface area contributed by atoms with Crippen molar-refractivity contribution in [2.45, 2.75) is 18.4 Å². The third kappa shape index (κ3) is 4.48. The molecule has 0 spiro atoms. The number of hydrogen-bond donors (Lipinski definition) is 0. The van der Waals surface area contributed by atoms with E-state index in [1.54, 1.807) is 23.6 Å². The van der Waals surface area contributed by atoms with Gasteiger partial charge in [0.25, 0.3) is 0 Å². The highest BCUT2D eigenvalue weighted by Gasteiger charge is 2.29. The lowest BCUT2D eigenvalue weighted by Crippen LogP contribution is -2.36. The molecule has 0 radical (unpaired) electrons. The molecule has 1 heterocycles. The molecule has 0 atom stereocenters. The minimum Gasteiger partial charge on any atom is -0.468 e. The van der Waals surface area contributed by atoms with Gasteiger partial charge in [-0.05, 0) is 30.5 Å². The summed E-state index contributed by atoms with van der Waals surface area (Å²) in [5, 5.41) is 1.66. The van der Waals surface area contributed by atoms with Crippen molar-refractivity contribution in [3.8, 4) is 0 Å². The van der Waals surface area contributed by atoms with Crippen LogP contribution in [-0.2, 0) is 30.8 Å². The number of esters is 2. The van der Waals surface area contributed by atoms with Crippen LogP contribution in [0.25, 0.3) is 0 Å². The van der Waals surface area contributed by atoms with Gasteiger partial charge in [-0.25, -0.2) is 13.2 Å². The van der Waals surface area contributed by atoms with E-state index in [4.69, 9.17) is 4.74 Å². The molecule has 0 N–H and O–H groups in total. The highest BCUT2D eigenvalue weighted by atomic mass is 32.2. The van der Waals surface area contributed by atoms with E-state index in [-0.39, 0.29) is 17.0 Å². The van der Waals surface area contributed by atoms with E-state index in [1.807, 2.05) is 6.92 Å². The summed E-state index contributed by atoms with van der Waals surface area (Å²) in [6.45, 7) is 1.23. The summed E-state index contributed by atoms with van der Waals surface area (Å²) in [7, 11) is -1.53. The standard InChI is InChI=1S/C17H19NO6S2/c1-12-4-6-13(7-5-12)26(21,22)18(11-16(19)23-2)10-15-14(8-9-25-15)17(20)24-3/h4-9H,10-11H2,1-3H3. The number of hydrogen-bond acceptors (Lipinski definition) is 7. The topological polar surface area (TPSA) is 90.0 Å². The van der Waals surface area contributed by atoms with Crippen molar-refractivity contribution in [3.05, 3.63) is 51.7 Å². The van der Waals surface area contributed by atoms with Gasteiger partial charge in [-0.3, -0.25) is 4.79 Å². The lowest BCUT2D eigenvalue weighted by atomic mass is 10.2. The first-order chi connectivity index (χ1) is 12.3. The number of aryl methyl sites for hydroxylation is 1. The lowest BCUT2D eigenvalue weighted by molar-refractivity contribution is -0.140. The lowest BCUT2D eigenvalue weighted by Gasteiger charge is -2.21. The minimum atomic E-state index is -3.96. The molecular weight excluding hydrogens is 378 g/mol. The summed E-state index contributed by atoms with van der Waals surface area (Å²) >= 11 is 1.21. The van der Waals surface area contributed by atoms with Crippen molar-refractivity contribution >= 4 is 33.3 Å². The SMILES string of the molecule is COC(=O)CN(Cc1sccc1C(=O)OC)S(=O)(=O)c1ccc(C)cc1. The number of methoxy groups -OCH3 is 2. The zero-order valence-electron chi connectivity index (χ0n) is 14.6. The van der Waals surface area contributed by atoms with E-state index < -0.39 is 28.5 Å². The zero-order chi connectivity index (χ0) is 19.3. The molecule has 2 rings (SSSR count). The van der Waals surface area contributed by atoms with Crippen LogP contribution >= 0.6 is 11.3 Å². The summed E-state index contributed by atoms with van der Waals surface area (Å²) in [4.78, 5) is 24.1. The van der Waals surface area contributed by atoms with Crippen LogP contribution in [0.15, 0.2) is 40.6 Å². The summed E-state index contributed by atoms with van der Waals surface area (Å²) < 4.78 is 36.3. The molecule has 0 saturated heterocycles. The zero-order valence-corrected chi connectivity index (χ0v) is 16.2. The fraction of sp³-hybridized carbons (Fsp3) is 0.294. The van der Waals surface area contributed by atoms with Crippen molar-refractivity contribution in [3.63, 3.8) is 0 Å². The fourth-order valence-corrected chi connectivity index (χ4v) is 4.52. The van der Waals surface area contributed by atoms with Crippen LogP contribution < -0.4 is 0 Å². The average molecular weight is 397 g/mol. The predicted molar refractivity (Wildman–Crippen MR) is 96.4 cm³/mol. The molecule has 1 aromatic carbocycles. The van der Waals surface area contributed by atoms with Gasteiger partial charge in [0.05, 0.1) is 24.7 Å². The van der Waals surface area contributed by atoms with E-state index in [9.17, 15) is 18.0 Å². The molecule has 7 nitrogen and oxygen atoms in total. The second-order valence-corrected chi connectivity index (χ2v) is 8.35. The van der Waals surface area contributed by atoms with Crippen molar-refractivity contribution in [2.24, 2.45) is 0 Å². The molecule has 2 aromatic rings. The van der Waals surface area contributed by atoms with E-state index in [0.29, 0.717) is 4.88 Å². The van der Waals surface area contributed by atoms with Crippen molar-refractivity contribution in [1.29, 1.82) is 0 Å². The number of carbonyl (C=O) groups excluding carboxylic acids is 2. The summed E-state index contributed by atoms with van der Waals surface area (Å²) in [5.41, 5.74) is 1.18. The molecule has 140 valence electrons. The average Bonchev–Trinajstić information content (AvgIpc) is 3.08. The second kappa shape index (κ2) is 8.43. The van der Waals surface area contributed by atoms with Crippen LogP contribution in [-0.4, -0.2) is 45.4 Å². The quantitative estimate of drug-likeness (QED) is 0.666. The molecule has 0 bridgehead atoms. The maximum Gasteiger partial charge on any atom is 0.339 e. The van der Waals surface area contributed by atoms with Crippen LogP contribution in [0.3, 0.4) is 0 Å². The highest BCUT2D eigenvalue weighted by molar-refractivity contribution is 7.89. The molecule has 0 saturated carbocycles. The van der Waals surface area contributed by atoms with Crippen LogP contribution in [0.5, 0.6) is 0 Å². The van der Waals surface area contributed by atoms with Crippen LogP contribution in [0.1, 0.15) is 20.8 Å². The van der Waals surface area contributed by atoms with Crippen LogP contribution in [0.2, 0.25) is 0 Å². The van der Waals surface area contributed by atoms with Crippen LogP contribution in [0.4, 0.5) is 0 Å². The first kappa shape index (κ1) is 20.1. The van der Waals surface area contributed by atoms with Gasteiger partial charge in [0.15, 0.2) is 0 Å². The normalized spacial score (nSPS) is 11.4. The summed E-state index contributed by atoms with van der Waals surface area (Å²) in [5.74, 6) is -1.26. The van der Waals surface area contributed by atoms with Gasteiger partial charge in [-0.1, -0.05) is 17.7 Å². The Balaban J connectivity index is 2.41. The number of benzene rings is 1. The first-order valence-corrected chi connectivity index (χ1v) is 9.90. The molecule has 26 heavy (non-hydrogen) atoms. The molecule has 0 amide bonds. The van der Waals surface area contributed by atoms with Crippen molar-refractivity contribution < 1.29 is 27.5 Å². The Morgan fingerprint density at radius 2 is 1.73 bits per heavy atom. The number of rotatable bonds is 7. The molecule has 0 aliphatic rings. The number of sulfonamides is 1. The van der Waals surface area contributed by atoms with E-state index in [0.717, 1.165) is 9.87 Å². The first-order valence-electron chi connectivity index (χ1n) is 7.58. The molecule has 9 heteroatoms. The van der Waals surface area contributed by atoms with Gasteiger partial charge >= 0.3 is 11.9 Å². The van der Waals surface area contributed by atoms with Gasteiger partial charge in [0, 0.05) is 11.4 Å². The van der Waals surface area contributed by atoms with E-state index in [2.05, 4.69) is 4.74 Å². The van der Waals surface area contributed by atoms with Crippen molar-refractivity contribution in [2.75, 3.05) is 20.8 Å². The Labute approximate surface area is 156 Å². The summed E-state index contributed by atoms with van der Waals surface area (Å²) in [6.07, 6.45) is 0. The van der Waals surface area contributed by atoms with Gasteiger partial charge in [0.1, 0.15) is 6.54 Å². The van der Waals surface area contributed by atoms with Gasteiger partial charge < -0.3 is 9.47 Å². The Morgan fingerprint density at radius 3 is 2.31 bits per heavy atom. The summed E-state index contributed by atoms with van der Waals surface area (Å²) in [6, 6.07) is 7.86. The molecule has 0 unspecified atom stereocenters. The Kier molecular flexibility index (Phi) is 6.52. The van der Waals surface area contributed by atoms with E-state index >= 15 is 0 Å². The number of thiophene rings is 1. The largest absolute Gasteiger partial charge is 0.468 e.